The number of hydrogen-bond donors (Lipinski definition) is 1. The Morgan fingerprint density at radius 2 is 2.25 bits per heavy atom. The van der Waals surface area contributed by atoms with Crippen LogP contribution in [0.1, 0.15) is 5.89 Å². The topological polar surface area (TPSA) is 76.7 Å². The Morgan fingerprint density at radius 1 is 1.44 bits per heavy atom. The molecule has 0 aliphatic carbocycles. The predicted octanol–water partition coefficient (Wildman–Crippen LogP) is 2.12. The van der Waals surface area contributed by atoms with Crippen LogP contribution in [0.3, 0.4) is 0 Å². The summed E-state index contributed by atoms with van der Waals surface area (Å²) in [5.74, 6) is 1.07. The van der Waals surface area contributed by atoms with Gasteiger partial charge in [-0.1, -0.05) is 0 Å². The first-order valence-electron chi connectivity index (χ1n) is 4.37. The maximum absolute atomic E-state index is 5.26. The van der Waals surface area contributed by atoms with Crippen molar-refractivity contribution in [3.8, 4) is 0 Å². The van der Waals surface area contributed by atoms with E-state index in [1.807, 2.05) is 0 Å². The minimum Gasteiger partial charge on any atom is -0.416 e. The van der Waals surface area contributed by atoms with E-state index < -0.39 is 0 Å². The number of nitrogens with zero attached hydrogens (tertiary/aromatic N) is 4. The zero-order chi connectivity index (χ0) is 11.5. The molecular weight excluding hydrogens is 294 g/mol. The molecule has 2 rings (SSSR count). The lowest BCUT2D eigenvalue weighted by Gasteiger charge is -2.02. The average Bonchev–Trinajstić information content (AvgIpc) is 2.67. The summed E-state index contributed by atoms with van der Waals surface area (Å²) >= 11 is 4.65. The summed E-state index contributed by atoms with van der Waals surface area (Å²) in [7, 11) is 1.76. The maximum atomic E-state index is 5.26. The summed E-state index contributed by atoms with van der Waals surface area (Å²) in [4.78, 5) is 8.32. The summed E-state index contributed by atoms with van der Waals surface area (Å²) < 4.78 is 6.04. The van der Waals surface area contributed by atoms with Crippen molar-refractivity contribution in [2.75, 3.05) is 12.4 Å². The van der Waals surface area contributed by atoms with Gasteiger partial charge in [0.05, 0.1) is 4.47 Å². The quantitative estimate of drug-likeness (QED) is 0.870. The molecule has 0 amide bonds. The molecule has 0 fully saturated rings. The minimum absolute atomic E-state index is 0.457. The first-order valence-corrected chi connectivity index (χ1v) is 5.98. The van der Waals surface area contributed by atoms with Gasteiger partial charge >= 0.3 is 0 Å². The molecule has 2 heterocycles. The van der Waals surface area contributed by atoms with E-state index >= 15 is 0 Å². The third kappa shape index (κ3) is 2.50. The van der Waals surface area contributed by atoms with Crippen molar-refractivity contribution in [1.29, 1.82) is 0 Å². The van der Waals surface area contributed by atoms with E-state index in [9.17, 15) is 0 Å². The molecule has 16 heavy (non-hydrogen) atoms. The lowest BCUT2D eigenvalue weighted by atomic mass is 10.7. The fourth-order valence-corrected chi connectivity index (χ4v) is 2.07. The van der Waals surface area contributed by atoms with E-state index in [0.717, 1.165) is 9.50 Å². The summed E-state index contributed by atoms with van der Waals surface area (Å²) in [6.07, 6.45) is 1.67. The highest BCUT2D eigenvalue weighted by Crippen LogP contribution is 2.30. The van der Waals surface area contributed by atoms with Crippen molar-refractivity contribution in [3.63, 3.8) is 0 Å². The summed E-state index contributed by atoms with van der Waals surface area (Å²) in [5, 5.41) is 11.7. The third-order valence-electron chi connectivity index (χ3n) is 1.63. The lowest BCUT2D eigenvalue weighted by molar-refractivity contribution is 0.429. The second-order valence-corrected chi connectivity index (χ2v) is 4.58. The first kappa shape index (κ1) is 11.3. The van der Waals surface area contributed by atoms with Crippen molar-refractivity contribution in [1.82, 2.24) is 20.2 Å². The molecule has 1 N–H and O–H groups in total. The monoisotopic (exact) mass is 301 g/mol. The van der Waals surface area contributed by atoms with Crippen molar-refractivity contribution in [2.24, 2.45) is 0 Å². The van der Waals surface area contributed by atoms with Gasteiger partial charge in [0.15, 0.2) is 0 Å². The highest BCUT2D eigenvalue weighted by atomic mass is 79.9. The fraction of sp³-hybridized carbons (Fsp3) is 0.250. The van der Waals surface area contributed by atoms with E-state index in [0.29, 0.717) is 17.1 Å². The van der Waals surface area contributed by atoms with E-state index in [1.165, 1.54) is 11.8 Å². The van der Waals surface area contributed by atoms with Crippen LogP contribution in [0.4, 0.5) is 5.95 Å². The van der Waals surface area contributed by atoms with Crippen molar-refractivity contribution >= 4 is 33.6 Å². The molecule has 0 unspecified atom stereocenters. The van der Waals surface area contributed by atoms with Crippen LogP contribution in [0.2, 0.25) is 0 Å². The van der Waals surface area contributed by atoms with E-state index in [2.05, 4.69) is 41.4 Å². The Morgan fingerprint density at radius 3 is 2.88 bits per heavy atom. The number of halogens is 1. The Labute approximate surface area is 104 Å². The van der Waals surface area contributed by atoms with Gasteiger partial charge in [0.1, 0.15) is 5.03 Å². The van der Waals surface area contributed by atoms with Gasteiger partial charge in [-0.3, -0.25) is 0 Å². The average molecular weight is 302 g/mol. The fourth-order valence-electron chi connectivity index (χ4n) is 0.946. The van der Waals surface area contributed by atoms with Crippen LogP contribution in [0.25, 0.3) is 0 Å². The van der Waals surface area contributed by atoms with E-state index in [4.69, 9.17) is 4.42 Å². The van der Waals surface area contributed by atoms with Crippen molar-refractivity contribution in [3.05, 3.63) is 16.6 Å². The maximum Gasteiger partial charge on any atom is 0.282 e. The zero-order valence-corrected chi connectivity index (χ0v) is 11.0. The molecule has 0 atom stereocenters. The number of nitrogens with one attached hydrogen (secondary N) is 1. The molecule has 6 nitrogen and oxygen atoms in total. The van der Waals surface area contributed by atoms with Gasteiger partial charge in [0, 0.05) is 20.2 Å². The van der Waals surface area contributed by atoms with Crippen LogP contribution in [-0.4, -0.2) is 27.2 Å². The molecule has 2 aromatic heterocycles. The van der Waals surface area contributed by atoms with Gasteiger partial charge in [-0.25, -0.2) is 9.97 Å². The molecule has 84 valence electrons. The summed E-state index contributed by atoms with van der Waals surface area (Å²) in [6, 6.07) is 0. The van der Waals surface area contributed by atoms with Crippen LogP contribution in [-0.2, 0) is 0 Å². The highest BCUT2D eigenvalue weighted by Gasteiger charge is 2.10. The summed E-state index contributed by atoms with van der Waals surface area (Å²) in [6.45, 7) is 1.74. The van der Waals surface area contributed by atoms with Gasteiger partial charge < -0.3 is 9.73 Å². The normalized spacial score (nSPS) is 10.4. The van der Waals surface area contributed by atoms with Gasteiger partial charge in [-0.2, -0.15) is 0 Å². The molecule has 0 saturated carbocycles. The molecule has 0 aromatic carbocycles. The molecule has 0 aliphatic heterocycles. The van der Waals surface area contributed by atoms with Gasteiger partial charge in [0.2, 0.25) is 11.8 Å². The Balaban J connectivity index is 2.26. The Kier molecular flexibility index (Phi) is 3.39. The van der Waals surface area contributed by atoms with Gasteiger partial charge in [-0.05, 0) is 27.7 Å². The minimum atomic E-state index is 0.457. The highest BCUT2D eigenvalue weighted by molar-refractivity contribution is 9.10. The van der Waals surface area contributed by atoms with Crippen molar-refractivity contribution < 1.29 is 4.42 Å². The first-order chi connectivity index (χ1) is 7.69. The molecule has 0 radical (unpaired) electrons. The van der Waals surface area contributed by atoms with Crippen LogP contribution in [0.15, 0.2) is 25.3 Å². The third-order valence-corrected chi connectivity index (χ3v) is 3.31. The Bertz CT molecular complexity index is 503. The zero-order valence-electron chi connectivity index (χ0n) is 8.56. The molecule has 0 bridgehead atoms. The van der Waals surface area contributed by atoms with E-state index in [-0.39, 0.29) is 0 Å². The Hall–Kier alpha value is -1.15. The number of rotatable bonds is 3. The van der Waals surface area contributed by atoms with Crippen molar-refractivity contribution in [2.45, 2.75) is 17.2 Å². The van der Waals surface area contributed by atoms with Gasteiger partial charge in [0.25, 0.3) is 5.22 Å². The number of anilines is 1. The standard InChI is InChI=1S/C8H8BrN5OS/c1-4-13-14-8(15-4)16-6-5(9)3-11-7(10-2)12-6/h3H,1-2H3,(H,10,11,12). The number of aromatic nitrogens is 4. The van der Waals surface area contributed by atoms with Crippen LogP contribution < -0.4 is 5.32 Å². The second-order valence-electron chi connectivity index (χ2n) is 2.79. The van der Waals surface area contributed by atoms with Crippen LogP contribution >= 0.6 is 27.7 Å². The van der Waals surface area contributed by atoms with Crippen LogP contribution in [0, 0.1) is 6.92 Å². The predicted molar refractivity (Wildman–Crippen MR) is 62.4 cm³/mol. The largest absolute Gasteiger partial charge is 0.416 e. The summed E-state index contributed by atoms with van der Waals surface area (Å²) in [5.41, 5.74) is 0. The van der Waals surface area contributed by atoms with Gasteiger partial charge in [-0.15, -0.1) is 10.2 Å². The number of hydrogen-bond acceptors (Lipinski definition) is 7. The molecule has 8 heteroatoms. The second kappa shape index (κ2) is 4.79. The lowest BCUT2D eigenvalue weighted by Crippen LogP contribution is -1.97. The molecule has 0 saturated heterocycles. The van der Waals surface area contributed by atoms with E-state index in [1.54, 1.807) is 20.2 Å². The molecule has 2 aromatic rings. The van der Waals surface area contributed by atoms with Crippen LogP contribution in [0.5, 0.6) is 0 Å². The molecular formula is C8H8BrN5OS. The number of aryl methyl sites for hydroxylation is 1. The smallest absolute Gasteiger partial charge is 0.282 e. The SMILES string of the molecule is CNc1ncc(Br)c(Sc2nnc(C)o2)n1. The molecule has 0 aliphatic rings. The molecule has 0 spiro atoms.